The van der Waals surface area contributed by atoms with Crippen molar-refractivity contribution in [1.29, 1.82) is 0 Å². The van der Waals surface area contributed by atoms with Gasteiger partial charge < -0.3 is 19.9 Å². The fourth-order valence-corrected chi connectivity index (χ4v) is 5.67. The summed E-state index contributed by atoms with van der Waals surface area (Å²) in [4.78, 5) is 31.5. The monoisotopic (exact) mass is 517 g/mol. The Labute approximate surface area is 200 Å². The molecule has 32 heavy (non-hydrogen) atoms. The molecule has 2 amide bonds. The lowest BCUT2D eigenvalue weighted by Crippen LogP contribution is -2.33. The first-order chi connectivity index (χ1) is 15.5. The molecule has 0 bridgehead atoms. The number of amides is 2. The SMILES string of the molecule is COCCc1c(NC(=O)c2ccc(Br)s2)[nH]c2cc(N(C)C(=O)C3CCCCC3)ccc12. The van der Waals surface area contributed by atoms with Gasteiger partial charge in [-0.25, -0.2) is 0 Å². The van der Waals surface area contributed by atoms with E-state index in [-0.39, 0.29) is 17.7 Å². The molecule has 170 valence electrons. The Morgan fingerprint density at radius 2 is 2.00 bits per heavy atom. The first-order valence-electron chi connectivity index (χ1n) is 11.0. The van der Waals surface area contributed by atoms with E-state index in [4.69, 9.17) is 4.74 Å². The molecule has 0 saturated heterocycles. The third-order valence-corrected chi connectivity index (χ3v) is 7.78. The highest BCUT2D eigenvalue weighted by Crippen LogP contribution is 2.33. The minimum Gasteiger partial charge on any atom is -0.384 e. The highest BCUT2D eigenvalue weighted by Gasteiger charge is 2.25. The number of rotatable bonds is 7. The number of thiophene rings is 1. The van der Waals surface area contributed by atoms with Gasteiger partial charge in [-0.3, -0.25) is 9.59 Å². The largest absolute Gasteiger partial charge is 0.384 e. The summed E-state index contributed by atoms with van der Waals surface area (Å²) >= 11 is 4.80. The number of aromatic nitrogens is 1. The van der Waals surface area contributed by atoms with E-state index in [1.807, 2.05) is 31.3 Å². The van der Waals surface area contributed by atoms with Crippen LogP contribution >= 0.6 is 27.3 Å². The Morgan fingerprint density at radius 1 is 1.22 bits per heavy atom. The molecule has 0 radical (unpaired) electrons. The van der Waals surface area contributed by atoms with Gasteiger partial charge in [0.25, 0.3) is 5.91 Å². The fourth-order valence-electron chi connectivity index (χ4n) is 4.38. The van der Waals surface area contributed by atoms with E-state index in [1.165, 1.54) is 17.8 Å². The van der Waals surface area contributed by atoms with Crippen LogP contribution in [0.1, 0.15) is 47.3 Å². The standard InChI is InChI=1S/C24H28BrN3O3S/c1-28(24(30)15-6-4-3-5-7-15)16-8-9-17-18(12-13-31-2)22(26-19(17)14-16)27-23(29)20-10-11-21(25)32-20/h8-11,14-15,26H,3-7,12-13H2,1-2H3,(H,27,29). The van der Waals surface area contributed by atoms with Crippen LogP contribution in [0.3, 0.4) is 0 Å². The Kier molecular flexibility index (Phi) is 7.33. The van der Waals surface area contributed by atoms with E-state index in [0.717, 1.165) is 51.6 Å². The minimum atomic E-state index is -0.157. The molecule has 0 unspecified atom stereocenters. The number of hydrogen-bond acceptors (Lipinski definition) is 4. The summed E-state index contributed by atoms with van der Waals surface area (Å²) in [7, 11) is 3.52. The molecule has 0 atom stereocenters. The fraction of sp³-hybridized carbons (Fsp3) is 0.417. The lowest BCUT2D eigenvalue weighted by atomic mass is 9.88. The van der Waals surface area contributed by atoms with E-state index < -0.39 is 0 Å². The second-order valence-electron chi connectivity index (χ2n) is 8.24. The predicted molar refractivity (Wildman–Crippen MR) is 134 cm³/mol. The van der Waals surface area contributed by atoms with Crippen molar-refractivity contribution in [3.8, 4) is 0 Å². The summed E-state index contributed by atoms with van der Waals surface area (Å²) in [5.41, 5.74) is 2.74. The van der Waals surface area contributed by atoms with E-state index in [1.54, 1.807) is 18.1 Å². The van der Waals surface area contributed by atoms with Crippen molar-refractivity contribution >= 4 is 61.5 Å². The number of hydrogen-bond donors (Lipinski definition) is 2. The van der Waals surface area contributed by atoms with Crippen LogP contribution < -0.4 is 10.2 Å². The molecule has 1 aromatic carbocycles. The van der Waals surface area contributed by atoms with Gasteiger partial charge in [-0.2, -0.15) is 0 Å². The van der Waals surface area contributed by atoms with Crippen LogP contribution in [0.4, 0.5) is 11.5 Å². The van der Waals surface area contributed by atoms with Crippen LogP contribution in [0, 0.1) is 5.92 Å². The number of nitrogens with one attached hydrogen (secondary N) is 2. The molecule has 8 heteroatoms. The number of halogens is 1. The molecule has 1 saturated carbocycles. The lowest BCUT2D eigenvalue weighted by Gasteiger charge is -2.26. The summed E-state index contributed by atoms with van der Waals surface area (Å²) in [6.07, 6.45) is 6.10. The van der Waals surface area contributed by atoms with Crippen LogP contribution in [-0.2, 0) is 16.0 Å². The maximum Gasteiger partial charge on any atom is 0.266 e. The van der Waals surface area contributed by atoms with Crippen molar-refractivity contribution in [2.45, 2.75) is 38.5 Å². The summed E-state index contributed by atoms with van der Waals surface area (Å²) in [6, 6.07) is 9.65. The number of methoxy groups -OCH3 is 1. The number of benzene rings is 1. The third-order valence-electron chi connectivity index (χ3n) is 6.15. The van der Waals surface area contributed by atoms with Gasteiger partial charge >= 0.3 is 0 Å². The van der Waals surface area contributed by atoms with E-state index in [2.05, 4.69) is 26.2 Å². The number of carbonyl (C=O) groups excluding carboxylic acids is 2. The van der Waals surface area contributed by atoms with Crippen molar-refractivity contribution in [2.75, 3.05) is 31.0 Å². The molecule has 0 aliphatic heterocycles. The van der Waals surface area contributed by atoms with Crippen LogP contribution in [0.15, 0.2) is 34.1 Å². The van der Waals surface area contributed by atoms with Crippen LogP contribution in [0.5, 0.6) is 0 Å². The number of nitrogens with zero attached hydrogens (tertiary/aromatic N) is 1. The zero-order valence-corrected chi connectivity index (χ0v) is 20.8. The second kappa shape index (κ2) is 10.2. The Bertz CT molecular complexity index is 1120. The third kappa shape index (κ3) is 4.92. The molecule has 0 spiro atoms. The predicted octanol–water partition coefficient (Wildman–Crippen LogP) is 5.98. The molecule has 2 N–H and O–H groups in total. The van der Waals surface area contributed by atoms with Gasteiger partial charge in [0.1, 0.15) is 5.82 Å². The van der Waals surface area contributed by atoms with E-state index >= 15 is 0 Å². The number of aromatic amines is 1. The summed E-state index contributed by atoms with van der Waals surface area (Å²) < 4.78 is 6.20. The van der Waals surface area contributed by atoms with Gasteiger partial charge in [0.2, 0.25) is 5.91 Å². The molecular weight excluding hydrogens is 490 g/mol. The van der Waals surface area contributed by atoms with E-state index in [0.29, 0.717) is 23.7 Å². The van der Waals surface area contributed by atoms with Crippen molar-refractivity contribution in [3.05, 3.63) is 44.6 Å². The Morgan fingerprint density at radius 3 is 2.69 bits per heavy atom. The topological polar surface area (TPSA) is 74.4 Å². The van der Waals surface area contributed by atoms with Gasteiger partial charge in [0, 0.05) is 42.2 Å². The van der Waals surface area contributed by atoms with Crippen LogP contribution in [0.25, 0.3) is 10.9 Å². The molecule has 6 nitrogen and oxygen atoms in total. The molecule has 1 aliphatic carbocycles. The van der Waals surface area contributed by atoms with Gasteiger partial charge in [0.15, 0.2) is 0 Å². The number of anilines is 2. The second-order valence-corrected chi connectivity index (χ2v) is 10.7. The van der Waals surface area contributed by atoms with Gasteiger partial charge in [0.05, 0.1) is 15.3 Å². The summed E-state index contributed by atoms with van der Waals surface area (Å²) in [6.45, 7) is 0.544. The van der Waals surface area contributed by atoms with Crippen LogP contribution in [-0.4, -0.2) is 37.6 Å². The van der Waals surface area contributed by atoms with Crippen molar-refractivity contribution < 1.29 is 14.3 Å². The molecule has 3 aromatic rings. The quantitative estimate of drug-likeness (QED) is 0.404. The summed E-state index contributed by atoms with van der Waals surface area (Å²) in [5, 5.41) is 4.04. The molecular formula is C24H28BrN3O3S. The normalized spacial score (nSPS) is 14.6. The molecule has 1 aliphatic rings. The van der Waals surface area contributed by atoms with Gasteiger partial charge in [-0.05, 0) is 59.5 Å². The van der Waals surface area contributed by atoms with Crippen molar-refractivity contribution in [2.24, 2.45) is 5.92 Å². The molecule has 4 rings (SSSR count). The van der Waals surface area contributed by atoms with Crippen LogP contribution in [0.2, 0.25) is 0 Å². The molecule has 2 heterocycles. The Hall–Kier alpha value is -2.16. The number of ether oxygens (including phenoxy) is 1. The van der Waals surface area contributed by atoms with Gasteiger partial charge in [-0.1, -0.05) is 25.3 Å². The number of fused-ring (bicyclic) bond motifs is 1. The first kappa shape index (κ1) is 23.0. The average molecular weight is 518 g/mol. The average Bonchev–Trinajstić information content (AvgIpc) is 3.39. The Balaban J connectivity index is 1.62. The smallest absolute Gasteiger partial charge is 0.266 e. The molecule has 2 aromatic heterocycles. The van der Waals surface area contributed by atoms with Crippen molar-refractivity contribution in [3.63, 3.8) is 0 Å². The maximum atomic E-state index is 13.0. The highest BCUT2D eigenvalue weighted by molar-refractivity contribution is 9.11. The lowest BCUT2D eigenvalue weighted by molar-refractivity contribution is -0.123. The zero-order chi connectivity index (χ0) is 22.7. The van der Waals surface area contributed by atoms with E-state index in [9.17, 15) is 9.59 Å². The first-order valence-corrected chi connectivity index (χ1v) is 12.6. The highest BCUT2D eigenvalue weighted by atomic mass is 79.9. The number of carbonyl (C=O) groups is 2. The minimum absolute atomic E-state index is 0.116. The van der Waals surface area contributed by atoms with Gasteiger partial charge in [-0.15, -0.1) is 11.3 Å². The number of H-pyrrole nitrogens is 1. The zero-order valence-electron chi connectivity index (χ0n) is 18.4. The maximum absolute atomic E-state index is 13.0. The molecule has 1 fully saturated rings. The summed E-state index contributed by atoms with van der Waals surface area (Å²) in [5.74, 6) is 0.818. The van der Waals surface area contributed by atoms with Crippen molar-refractivity contribution in [1.82, 2.24) is 4.98 Å².